The van der Waals surface area contributed by atoms with Gasteiger partial charge in [-0.2, -0.15) is 0 Å². The molecule has 2 saturated carbocycles. The summed E-state index contributed by atoms with van der Waals surface area (Å²) < 4.78 is 0. The van der Waals surface area contributed by atoms with Crippen molar-refractivity contribution in [1.29, 1.82) is 0 Å². The summed E-state index contributed by atoms with van der Waals surface area (Å²) in [7, 11) is 0. The number of hydrogen-bond donors (Lipinski definition) is 2. The van der Waals surface area contributed by atoms with Gasteiger partial charge in [-0.1, -0.05) is 39.5 Å². The van der Waals surface area contributed by atoms with E-state index >= 15 is 0 Å². The van der Waals surface area contributed by atoms with Crippen LogP contribution in [0.15, 0.2) is 0 Å². The molecular formula is C15H29NO. The maximum absolute atomic E-state index is 10.5. The van der Waals surface area contributed by atoms with Crippen molar-refractivity contribution in [2.24, 2.45) is 11.8 Å². The van der Waals surface area contributed by atoms with Crippen LogP contribution in [-0.4, -0.2) is 23.3 Å². The first-order valence-corrected chi connectivity index (χ1v) is 7.60. The summed E-state index contributed by atoms with van der Waals surface area (Å²) >= 11 is 0. The average Bonchev–Trinajstić information content (AvgIpc) is 2.69. The first kappa shape index (κ1) is 13.4. The minimum absolute atomic E-state index is 0.401. The van der Waals surface area contributed by atoms with Crippen LogP contribution in [0.3, 0.4) is 0 Å². The Morgan fingerprint density at radius 1 is 1.18 bits per heavy atom. The van der Waals surface area contributed by atoms with Crippen LogP contribution >= 0.6 is 0 Å². The molecule has 0 radical (unpaired) electrons. The van der Waals surface area contributed by atoms with Crippen LogP contribution in [0, 0.1) is 11.8 Å². The van der Waals surface area contributed by atoms with E-state index in [-0.39, 0.29) is 0 Å². The summed E-state index contributed by atoms with van der Waals surface area (Å²) in [5.41, 5.74) is -0.401. The van der Waals surface area contributed by atoms with Gasteiger partial charge in [0.2, 0.25) is 0 Å². The van der Waals surface area contributed by atoms with E-state index in [0.29, 0.717) is 6.04 Å². The first-order valence-electron chi connectivity index (χ1n) is 7.60. The monoisotopic (exact) mass is 239 g/mol. The van der Waals surface area contributed by atoms with Crippen molar-refractivity contribution in [3.63, 3.8) is 0 Å². The summed E-state index contributed by atoms with van der Waals surface area (Å²) in [6.07, 6.45) is 9.69. The van der Waals surface area contributed by atoms with Gasteiger partial charge in [-0.25, -0.2) is 0 Å². The van der Waals surface area contributed by atoms with Crippen molar-refractivity contribution in [3.8, 4) is 0 Å². The molecule has 17 heavy (non-hydrogen) atoms. The van der Waals surface area contributed by atoms with Crippen molar-refractivity contribution < 1.29 is 5.11 Å². The highest BCUT2D eigenvalue weighted by Crippen LogP contribution is 2.34. The van der Waals surface area contributed by atoms with E-state index in [4.69, 9.17) is 0 Å². The van der Waals surface area contributed by atoms with Crippen molar-refractivity contribution >= 4 is 0 Å². The fourth-order valence-electron chi connectivity index (χ4n) is 3.82. The molecule has 2 heteroatoms. The third kappa shape index (κ3) is 3.23. The molecule has 0 aromatic heterocycles. The Hall–Kier alpha value is -0.0800. The fraction of sp³-hybridized carbons (Fsp3) is 1.00. The van der Waals surface area contributed by atoms with Crippen molar-refractivity contribution in [2.75, 3.05) is 6.54 Å². The topological polar surface area (TPSA) is 32.3 Å². The van der Waals surface area contributed by atoms with E-state index < -0.39 is 5.60 Å². The molecule has 0 amide bonds. The zero-order chi connectivity index (χ0) is 12.3. The Balaban J connectivity index is 1.78. The highest BCUT2D eigenvalue weighted by atomic mass is 16.3. The quantitative estimate of drug-likeness (QED) is 0.790. The Labute approximate surface area is 106 Å². The van der Waals surface area contributed by atoms with Gasteiger partial charge >= 0.3 is 0 Å². The lowest BCUT2D eigenvalue weighted by atomic mass is 9.84. The van der Waals surface area contributed by atoms with Crippen molar-refractivity contribution in [2.45, 2.75) is 76.9 Å². The second-order valence-electron chi connectivity index (χ2n) is 6.38. The summed E-state index contributed by atoms with van der Waals surface area (Å²) in [5, 5.41) is 14.1. The SMILES string of the molecule is CCC1CCC(NCC2(O)CCCCC2)C1C. The van der Waals surface area contributed by atoms with E-state index in [1.165, 1.54) is 38.5 Å². The molecule has 0 aromatic rings. The van der Waals surface area contributed by atoms with Crippen LogP contribution in [0.4, 0.5) is 0 Å². The lowest BCUT2D eigenvalue weighted by Gasteiger charge is -2.34. The molecule has 0 aliphatic heterocycles. The van der Waals surface area contributed by atoms with E-state index in [9.17, 15) is 5.11 Å². The molecule has 0 saturated heterocycles. The molecule has 3 unspecified atom stereocenters. The Morgan fingerprint density at radius 3 is 2.47 bits per heavy atom. The Kier molecular flexibility index (Phi) is 4.48. The van der Waals surface area contributed by atoms with Crippen LogP contribution in [0.25, 0.3) is 0 Å². The summed E-state index contributed by atoms with van der Waals surface area (Å²) in [4.78, 5) is 0. The van der Waals surface area contributed by atoms with Gasteiger partial charge in [-0.3, -0.25) is 0 Å². The number of nitrogens with one attached hydrogen (secondary N) is 1. The second kappa shape index (κ2) is 5.71. The van der Waals surface area contributed by atoms with E-state index in [2.05, 4.69) is 19.2 Å². The van der Waals surface area contributed by atoms with Crippen LogP contribution in [0.1, 0.15) is 65.2 Å². The largest absolute Gasteiger partial charge is 0.389 e. The van der Waals surface area contributed by atoms with Crippen molar-refractivity contribution in [1.82, 2.24) is 5.32 Å². The predicted molar refractivity (Wildman–Crippen MR) is 72.0 cm³/mol. The standard InChI is InChI=1S/C15H29NO/c1-3-13-7-8-14(12(13)2)16-11-15(17)9-5-4-6-10-15/h12-14,16-17H,3-11H2,1-2H3. The normalized spacial score (nSPS) is 37.2. The highest BCUT2D eigenvalue weighted by molar-refractivity contribution is 4.90. The average molecular weight is 239 g/mol. The summed E-state index contributed by atoms with van der Waals surface area (Å²) in [6.45, 7) is 5.50. The third-order valence-corrected chi connectivity index (χ3v) is 5.23. The van der Waals surface area contributed by atoms with Crippen LogP contribution in [0.2, 0.25) is 0 Å². The van der Waals surface area contributed by atoms with Gasteiger partial charge in [0.05, 0.1) is 5.60 Å². The third-order valence-electron chi connectivity index (χ3n) is 5.23. The van der Waals surface area contributed by atoms with E-state index in [0.717, 1.165) is 31.2 Å². The molecule has 0 bridgehead atoms. The lowest BCUT2D eigenvalue weighted by molar-refractivity contribution is 0.00158. The maximum atomic E-state index is 10.5. The maximum Gasteiger partial charge on any atom is 0.0771 e. The van der Waals surface area contributed by atoms with Gasteiger partial charge in [0.25, 0.3) is 0 Å². The number of aliphatic hydroxyl groups is 1. The lowest BCUT2D eigenvalue weighted by Crippen LogP contribution is -2.46. The van der Waals surface area contributed by atoms with E-state index in [1.807, 2.05) is 0 Å². The smallest absolute Gasteiger partial charge is 0.0771 e. The van der Waals surface area contributed by atoms with Gasteiger partial charge in [0.1, 0.15) is 0 Å². The molecular weight excluding hydrogens is 210 g/mol. The molecule has 2 rings (SSSR count). The molecule has 2 fully saturated rings. The summed E-state index contributed by atoms with van der Waals surface area (Å²) in [5.74, 6) is 1.68. The zero-order valence-electron chi connectivity index (χ0n) is 11.5. The number of hydrogen-bond acceptors (Lipinski definition) is 2. The first-order chi connectivity index (χ1) is 8.14. The summed E-state index contributed by atoms with van der Waals surface area (Å²) in [6, 6.07) is 0.644. The second-order valence-corrected chi connectivity index (χ2v) is 6.38. The minimum atomic E-state index is -0.401. The molecule has 0 aromatic carbocycles. The predicted octanol–water partition coefficient (Wildman–Crippen LogP) is 3.10. The molecule has 3 atom stereocenters. The van der Waals surface area contributed by atoms with Crippen LogP contribution in [0.5, 0.6) is 0 Å². The van der Waals surface area contributed by atoms with Gasteiger partial charge in [0.15, 0.2) is 0 Å². The molecule has 100 valence electrons. The van der Waals surface area contributed by atoms with Gasteiger partial charge in [-0.05, 0) is 37.5 Å². The molecule has 0 spiro atoms. The zero-order valence-corrected chi connectivity index (χ0v) is 11.5. The molecule has 2 N–H and O–H groups in total. The van der Waals surface area contributed by atoms with E-state index in [1.54, 1.807) is 0 Å². The van der Waals surface area contributed by atoms with Crippen molar-refractivity contribution in [3.05, 3.63) is 0 Å². The fourth-order valence-corrected chi connectivity index (χ4v) is 3.82. The van der Waals surface area contributed by atoms with Crippen LogP contribution in [-0.2, 0) is 0 Å². The molecule has 2 aliphatic carbocycles. The molecule has 2 aliphatic rings. The highest BCUT2D eigenvalue weighted by Gasteiger charge is 2.34. The van der Waals surface area contributed by atoms with Gasteiger partial charge < -0.3 is 10.4 Å². The van der Waals surface area contributed by atoms with Crippen LogP contribution < -0.4 is 5.32 Å². The molecule has 2 nitrogen and oxygen atoms in total. The molecule has 0 heterocycles. The number of rotatable bonds is 4. The Bertz CT molecular complexity index is 235. The Morgan fingerprint density at radius 2 is 1.88 bits per heavy atom. The van der Waals surface area contributed by atoms with Gasteiger partial charge in [0, 0.05) is 12.6 Å². The minimum Gasteiger partial charge on any atom is -0.389 e. The van der Waals surface area contributed by atoms with Gasteiger partial charge in [-0.15, -0.1) is 0 Å².